The van der Waals surface area contributed by atoms with Gasteiger partial charge in [-0.05, 0) is 49.8 Å². The number of nitrogens with one attached hydrogen (secondary N) is 1. The topological polar surface area (TPSA) is 96.0 Å². The van der Waals surface area contributed by atoms with Crippen LogP contribution < -0.4 is 4.72 Å². The number of hydrogen-bond acceptors (Lipinski definition) is 5. The molecular formula is C25H39N3O5S. The van der Waals surface area contributed by atoms with Crippen molar-refractivity contribution in [3.63, 3.8) is 0 Å². The van der Waals surface area contributed by atoms with Gasteiger partial charge in [0.2, 0.25) is 21.8 Å². The summed E-state index contributed by atoms with van der Waals surface area (Å²) >= 11 is 0. The number of piperidine rings is 1. The third-order valence-corrected chi connectivity index (χ3v) is 8.07. The molecule has 2 unspecified atom stereocenters. The molecule has 2 aliphatic rings. The molecule has 0 bridgehead atoms. The Kier molecular flexibility index (Phi) is 8.42. The molecule has 1 N–H and O–H groups in total. The minimum Gasteiger partial charge on any atom is -0.372 e. The van der Waals surface area contributed by atoms with Gasteiger partial charge in [-0.25, -0.2) is 13.1 Å². The van der Waals surface area contributed by atoms with Crippen molar-refractivity contribution >= 4 is 21.8 Å². The smallest absolute Gasteiger partial charge is 0.240 e. The molecule has 3 rings (SSSR count). The highest BCUT2D eigenvalue weighted by molar-refractivity contribution is 7.89. The summed E-state index contributed by atoms with van der Waals surface area (Å²) in [5, 5.41) is 0. The minimum absolute atomic E-state index is 0.0366. The Bertz CT molecular complexity index is 953. The Hall–Kier alpha value is -1.97. The Morgan fingerprint density at radius 3 is 2.09 bits per heavy atom. The number of likely N-dealkylation sites (tertiary alicyclic amines) is 1. The third kappa shape index (κ3) is 6.79. The van der Waals surface area contributed by atoms with Gasteiger partial charge < -0.3 is 14.5 Å². The fourth-order valence-electron chi connectivity index (χ4n) is 4.66. The Morgan fingerprint density at radius 2 is 1.56 bits per heavy atom. The van der Waals surface area contributed by atoms with Crippen molar-refractivity contribution in [1.82, 2.24) is 14.5 Å². The predicted molar refractivity (Wildman–Crippen MR) is 131 cm³/mol. The van der Waals surface area contributed by atoms with E-state index in [1.54, 1.807) is 17.0 Å². The second-order valence-electron chi connectivity index (χ2n) is 10.6. The Balaban J connectivity index is 1.44. The zero-order chi connectivity index (χ0) is 25.1. The Morgan fingerprint density at radius 1 is 1.00 bits per heavy atom. The highest BCUT2D eigenvalue weighted by Crippen LogP contribution is 2.24. The number of benzene rings is 1. The van der Waals surface area contributed by atoms with Gasteiger partial charge in [-0.15, -0.1) is 0 Å². The second kappa shape index (κ2) is 10.7. The summed E-state index contributed by atoms with van der Waals surface area (Å²) in [6, 6.07) is 6.84. The number of ether oxygens (including phenoxy) is 1. The van der Waals surface area contributed by atoms with Crippen molar-refractivity contribution in [2.45, 2.75) is 76.4 Å². The first-order valence-electron chi connectivity index (χ1n) is 12.2. The van der Waals surface area contributed by atoms with Gasteiger partial charge in [0.1, 0.15) is 0 Å². The maximum absolute atomic E-state index is 12.9. The summed E-state index contributed by atoms with van der Waals surface area (Å²) in [4.78, 5) is 29.3. The molecule has 8 nitrogen and oxygen atoms in total. The third-order valence-electron chi connectivity index (χ3n) is 6.59. The molecule has 0 spiro atoms. The molecule has 190 valence electrons. The molecule has 2 fully saturated rings. The van der Waals surface area contributed by atoms with Crippen molar-refractivity contribution in [2.24, 2.45) is 5.92 Å². The summed E-state index contributed by atoms with van der Waals surface area (Å²) in [5.41, 5.74) is 1.00. The van der Waals surface area contributed by atoms with E-state index in [-0.39, 0.29) is 53.2 Å². The number of rotatable bonds is 6. The molecule has 2 saturated heterocycles. The maximum Gasteiger partial charge on any atom is 0.240 e. The standard InChI is InChI=1S/C25H39N3O5S/c1-18-16-28(17-19(2)33-18)24(30)20-11-14-27(15-12-20)23(29)10-13-26-34(31,32)22-8-6-21(7-9-22)25(3,4)5/h6-9,18-20,26H,10-17H2,1-5H3. The van der Waals surface area contributed by atoms with Crippen molar-refractivity contribution in [1.29, 1.82) is 0 Å². The fourth-order valence-corrected chi connectivity index (χ4v) is 5.69. The van der Waals surface area contributed by atoms with Gasteiger partial charge in [0.05, 0.1) is 17.1 Å². The van der Waals surface area contributed by atoms with Crippen LogP contribution in [0.2, 0.25) is 0 Å². The average molecular weight is 494 g/mol. The number of amides is 2. The van der Waals surface area contributed by atoms with E-state index >= 15 is 0 Å². The molecule has 9 heteroatoms. The molecule has 2 aliphatic heterocycles. The van der Waals surface area contributed by atoms with Crippen LogP contribution in [0.5, 0.6) is 0 Å². The van der Waals surface area contributed by atoms with Crippen LogP contribution in [0.25, 0.3) is 0 Å². The molecular weight excluding hydrogens is 454 g/mol. The van der Waals surface area contributed by atoms with Crippen LogP contribution in [0, 0.1) is 5.92 Å². The first-order valence-corrected chi connectivity index (χ1v) is 13.7. The number of nitrogens with zero attached hydrogens (tertiary/aromatic N) is 2. The predicted octanol–water partition coefficient (Wildman–Crippen LogP) is 2.53. The number of sulfonamides is 1. The van der Waals surface area contributed by atoms with Crippen LogP contribution in [-0.4, -0.2) is 75.0 Å². The van der Waals surface area contributed by atoms with E-state index in [4.69, 9.17) is 4.74 Å². The normalized spacial score (nSPS) is 22.6. The average Bonchev–Trinajstić information content (AvgIpc) is 2.77. The SMILES string of the molecule is CC1CN(C(=O)C2CCN(C(=O)CCNS(=O)(=O)c3ccc(C(C)(C)C)cc3)CC2)CC(C)O1. The molecule has 1 aromatic rings. The quantitative estimate of drug-likeness (QED) is 0.657. The van der Waals surface area contributed by atoms with E-state index in [0.29, 0.717) is 39.0 Å². The van der Waals surface area contributed by atoms with Crippen molar-refractivity contribution in [3.05, 3.63) is 29.8 Å². The van der Waals surface area contributed by atoms with Crippen molar-refractivity contribution in [3.8, 4) is 0 Å². The summed E-state index contributed by atoms with van der Waals surface area (Å²) in [7, 11) is -3.67. The zero-order valence-corrected chi connectivity index (χ0v) is 21.9. The lowest BCUT2D eigenvalue weighted by atomic mass is 9.87. The van der Waals surface area contributed by atoms with E-state index in [2.05, 4.69) is 25.5 Å². The molecule has 2 amide bonds. The summed E-state index contributed by atoms with van der Waals surface area (Å²) < 4.78 is 33.4. The molecule has 0 aromatic heterocycles. The van der Waals surface area contributed by atoms with Crippen LogP contribution in [0.3, 0.4) is 0 Å². The first kappa shape index (κ1) is 26.6. The lowest BCUT2D eigenvalue weighted by Crippen LogP contribution is -2.51. The number of morpholine rings is 1. The van der Waals surface area contributed by atoms with Crippen molar-refractivity contribution < 1.29 is 22.7 Å². The zero-order valence-electron chi connectivity index (χ0n) is 21.0. The number of carbonyl (C=O) groups is 2. The minimum atomic E-state index is -3.67. The van der Waals surface area contributed by atoms with Gasteiger partial charge in [-0.3, -0.25) is 9.59 Å². The van der Waals surface area contributed by atoms with E-state index in [1.165, 1.54) is 0 Å². The van der Waals surface area contributed by atoms with Gasteiger partial charge in [-0.1, -0.05) is 32.9 Å². The van der Waals surface area contributed by atoms with Crippen LogP contribution in [-0.2, 0) is 29.8 Å². The maximum atomic E-state index is 12.9. The van der Waals surface area contributed by atoms with Crippen LogP contribution in [0.15, 0.2) is 29.2 Å². The van der Waals surface area contributed by atoms with Crippen LogP contribution in [0.1, 0.15) is 59.4 Å². The molecule has 34 heavy (non-hydrogen) atoms. The van der Waals surface area contributed by atoms with E-state index in [0.717, 1.165) is 5.56 Å². The lowest BCUT2D eigenvalue weighted by Gasteiger charge is -2.39. The summed E-state index contributed by atoms with van der Waals surface area (Å²) in [6.07, 6.45) is 1.44. The Labute approximate surface area is 204 Å². The number of hydrogen-bond donors (Lipinski definition) is 1. The first-order chi connectivity index (χ1) is 15.9. The highest BCUT2D eigenvalue weighted by Gasteiger charge is 2.33. The highest BCUT2D eigenvalue weighted by atomic mass is 32.2. The van der Waals surface area contributed by atoms with Gasteiger partial charge in [0, 0.05) is 45.1 Å². The molecule has 0 saturated carbocycles. The van der Waals surface area contributed by atoms with Crippen molar-refractivity contribution in [2.75, 3.05) is 32.7 Å². The summed E-state index contributed by atoms with van der Waals surface area (Å²) in [5.74, 6) is -0.0132. The van der Waals surface area contributed by atoms with E-state index in [9.17, 15) is 18.0 Å². The lowest BCUT2D eigenvalue weighted by molar-refractivity contribution is -0.150. The molecule has 0 aliphatic carbocycles. The molecule has 2 atom stereocenters. The molecule has 1 aromatic carbocycles. The second-order valence-corrected chi connectivity index (χ2v) is 12.3. The molecule has 2 heterocycles. The fraction of sp³-hybridized carbons (Fsp3) is 0.680. The largest absolute Gasteiger partial charge is 0.372 e. The monoisotopic (exact) mass is 493 g/mol. The van der Waals surface area contributed by atoms with Crippen LogP contribution in [0.4, 0.5) is 0 Å². The summed E-state index contributed by atoms with van der Waals surface area (Å²) in [6.45, 7) is 12.5. The van der Waals surface area contributed by atoms with Gasteiger partial charge in [0.15, 0.2) is 0 Å². The van der Waals surface area contributed by atoms with Gasteiger partial charge >= 0.3 is 0 Å². The van der Waals surface area contributed by atoms with Gasteiger partial charge in [0.25, 0.3) is 0 Å². The van der Waals surface area contributed by atoms with Crippen LogP contribution >= 0.6 is 0 Å². The molecule has 0 radical (unpaired) electrons. The van der Waals surface area contributed by atoms with E-state index < -0.39 is 10.0 Å². The van der Waals surface area contributed by atoms with Gasteiger partial charge in [-0.2, -0.15) is 0 Å². The van der Waals surface area contributed by atoms with E-state index in [1.807, 2.05) is 30.9 Å². The number of carbonyl (C=O) groups excluding carboxylic acids is 2.